The zero-order valence-electron chi connectivity index (χ0n) is 16.8. The molecule has 0 radical (unpaired) electrons. The average molecular weight is 445 g/mol. The zero-order valence-corrected chi connectivity index (χ0v) is 17.6. The van der Waals surface area contributed by atoms with E-state index in [-0.39, 0.29) is 11.4 Å². The lowest BCUT2D eigenvalue weighted by Crippen LogP contribution is -2.21. The van der Waals surface area contributed by atoms with Crippen LogP contribution in [0.1, 0.15) is 5.56 Å². The Morgan fingerprint density at radius 3 is 2.44 bits per heavy atom. The van der Waals surface area contributed by atoms with Gasteiger partial charge in [-0.05, 0) is 47.5 Å². The van der Waals surface area contributed by atoms with Gasteiger partial charge in [-0.1, -0.05) is 54.2 Å². The third-order valence-corrected chi connectivity index (χ3v) is 6.10. The molecule has 0 aliphatic carbocycles. The second-order valence-electron chi connectivity index (χ2n) is 7.22. The van der Waals surface area contributed by atoms with Gasteiger partial charge in [-0.2, -0.15) is 0 Å². The molecule has 0 aliphatic heterocycles. The largest absolute Gasteiger partial charge is 0.355 e. The van der Waals surface area contributed by atoms with Crippen molar-refractivity contribution in [1.82, 2.24) is 14.5 Å². The van der Waals surface area contributed by atoms with Gasteiger partial charge in [-0.15, -0.1) is 0 Å². The fourth-order valence-corrected chi connectivity index (χ4v) is 4.51. The van der Waals surface area contributed by atoms with Crippen LogP contribution in [-0.4, -0.2) is 14.5 Å². The Labute approximate surface area is 186 Å². The number of aromatic amines is 1. The highest BCUT2D eigenvalue weighted by molar-refractivity contribution is 7.98. The number of thioether (sulfide) groups is 1. The summed E-state index contributed by atoms with van der Waals surface area (Å²) in [5.74, 6) is -0.294. The van der Waals surface area contributed by atoms with Crippen LogP contribution in [0.25, 0.3) is 27.8 Å². The number of halogens is 2. The van der Waals surface area contributed by atoms with Gasteiger partial charge in [0.1, 0.15) is 22.7 Å². The van der Waals surface area contributed by atoms with Crippen molar-refractivity contribution in [3.8, 4) is 16.8 Å². The van der Waals surface area contributed by atoms with E-state index in [1.807, 2.05) is 36.4 Å². The van der Waals surface area contributed by atoms with Crippen LogP contribution in [0.15, 0.2) is 95.0 Å². The summed E-state index contributed by atoms with van der Waals surface area (Å²) in [4.78, 5) is 21.3. The van der Waals surface area contributed by atoms with Crippen molar-refractivity contribution < 1.29 is 8.78 Å². The van der Waals surface area contributed by atoms with E-state index in [1.165, 1.54) is 52.7 Å². The van der Waals surface area contributed by atoms with Crippen molar-refractivity contribution in [2.45, 2.75) is 10.9 Å². The Balaban J connectivity index is 1.67. The molecule has 0 amide bonds. The Morgan fingerprint density at radius 2 is 1.69 bits per heavy atom. The summed E-state index contributed by atoms with van der Waals surface area (Å²) in [6.45, 7) is 0. The summed E-state index contributed by atoms with van der Waals surface area (Å²) in [5.41, 5.74) is 3.66. The molecule has 0 saturated heterocycles. The Hall–Kier alpha value is -3.71. The second kappa shape index (κ2) is 8.43. The number of aromatic nitrogens is 3. The third-order valence-electron chi connectivity index (χ3n) is 5.10. The van der Waals surface area contributed by atoms with Crippen LogP contribution in [0.2, 0.25) is 0 Å². The minimum Gasteiger partial charge on any atom is -0.355 e. The first-order valence-electron chi connectivity index (χ1n) is 9.93. The number of fused-ring (bicyclic) bond motifs is 1. The fourth-order valence-electron chi connectivity index (χ4n) is 3.57. The molecule has 2 heterocycles. The fraction of sp³-hybridized carbons (Fsp3) is 0.0400. The van der Waals surface area contributed by atoms with Crippen LogP contribution in [0, 0.1) is 11.6 Å². The van der Waals surface area contributed by atoms with Crippen molar-refractivity contribution >= 4 is 22.8 Å². The van der Waals surface area contributed by atoms with Gasteiger partial charge in [0.2, 0.25) is 0 Å². The maximum absolute atomic E-state index is 13.6. The molecule has 7 heteroatoms. The van der Waals surface area contributed by atoms with Gasteiger partial charge in [-0.3, -0.25) is 9.36 Å². The monoisotopic (exact) mass is 445 g/mol. The highest BCUT2D eigenvalue weighted by atomic mass is 32.2. The SMILES string of the molecule is O=c1c2[nH]cc(-c3ccccc3)c2nc(SCc2cccc(F)c2)n1-c1ccc(F)cc1. The predicted octanol–water partition coefficient (Wildman–Crippen LogP) is 5.95. The molecule has 0 spiro atoms. The molecule has 1 N–H and O–H groups in total. The molecule has 0 unspecified atom stereocenters. The standard InChI is InChI=1S/C25H17F2N3OS/c26-18-9-11-20(12-10-18)30-24(31)23-22(21(14-28-23)17-6-2-1-3-7-17)29-25(30)32-15-16-5-4-8-19(27)13-16/h1-14,28H,15H2. The quantitative estimate of drug-likeness (QED) is 0.269. The molecular weight excluding hydrogens is 428 g/mol. The summed E-state index contributed by atoms with van der Waals surface area (Å²) in [6.07, 6.45) is 1.77. The Morgan fingerprint density at radius 1 is 0.906 bits per heavy atom. The molecule has 0 aliphatic rings. The molecule has 0 bridgehead atoms. The van der Waals surface area contributed by atoms with E-state index in [4.69, 9.17) is 4.98 Å². The van der Waals surface area contributed by atoms with Gasteiger partial charge >= 0.3 is 0 Å². The van der Waals surface area contributed by atoms with Crippen molar-refractivity contribution in [3.63, 3.8) is 0 Å². The molecule has 5 rings (SSSR count). The summed E-state index contributed by atoms with van der Waals surface area (Å²) in [5, 5.41) is 0.440. The van der Waals surface area contributed by atoms with E-state index in [2.05, 4.69) is 4.98 Å². The summed E-state index contributed by atoms with van der Waals surface area (Å²) >= 11 is 1.32. The number of nitrogens with one attached hydrogen (secondary N) is 1. The normalized spacial score (nSPS) is 11.2. The minimum absolute atomic E-state index is 0.287. The molecule has 0 saturated carbocycles. The second-order valence-corrected chi connectivity index (χ2v) is 8.16. The molecular formula is C25H17F2N3OS. The van der Waals surface area contributed by atoms with Gasteiger partial charge in [0, 0.05) is 17.5 Å². The zero-order chi connectivity index (χ0) is 22.1. The van der Waals surface area contributed by atoms with Crippen LogP contribution in [0.3, 0.4) is 0 Å². The van der Waals surface area contributed by atoms with E-state index in [0.29, 0.717) is 27.6 Å². The molecule has 5 aromatic rings. The minimum atomic E-state index is -0.393. The molecule has 0 fully saturated rings. The smallest absolute Gasteiger partial charge is 0.283 e. The number of benzene rings is 3. The van der Waals surface area contributed by atoms with Crippen LogP contribution >= 0.6 is 11.8 Å². The number of rotatable bonds is 5. The van der Waals surface area contributed by atoms with Crippen LogP contribution < -0.4 is 5.56 Å². The van der Waals surface area contributed by atoms with Gasteiger partial charge in [0.25, 0.3) is 5.56 Å². The number of hydrogen-bond donors (Lipinski definition) is 1. The maximum Gasteiger partial charge on any atom is 0.283 e. The van der Waals surface area contributed by atoms with Gasteiger partial charge in [0.05, 0.1) is 5.69 Å². The molecule has 2 aromatic heterocycles. The van der Waals surface area contributed by atoms with Gasteiger partial charge in [0.15, 0.2) is 5.16 Å². The van der Waals surface area contributed by atoms with E-state index >= 15 is 0 Å². The number of hydrogen-bond acceptors (Lipinski definition) is 3. The summed E-state index contributed by atoms with van der Waals surface area (Å²) in [6, 6.07) is 21.7. The first-order chi connectivity index (χ1) is 15.6. The molecule has 158 valence electrons. The van der Waals surface area contributed by atoms with E-state index < -0.39 is 5.82 Å². The number of nitrogens with zero attached hydrogens (tertiary/aromatic N) is 2. The predicted molar refractivity (Wildman–Crippen MR) is 123 cm³/mol. The first-order valence-corrected chi connectivity index (χ1v) is 10.9. The van der Waals surface area contributed by atoms with E-state index in [0.717, 1.165) is 16.7 Å². The van der Waals surface area contributed by atoms with Crippen molar-refractivity contribution in [1.29, 1.82) is 0 Å². The Kier molecular flexibility index (Phi) is 5.33. The average Bonchev–Trinajstić information content (AvgIpc) is 3.24. The lowest BCUT2D eigenvalue weighted by Gasteiger charge is -2.13. The third kappa shape index (κ3) is 3.83. The van der Waals surface area contributed by atoms with Crippen LogP contribution in [0.5, 0.6) is 0 Å². The highest BCUT2D eigenvalue weighted by Crippen LogP contribution is 2.30. The molecule has 4 nitrogen and oxygen atoms in total. The Bertz CT molecular complexity index is 1460. The lowest BCUT2D eigenvalue weighted by atomic mass is 10.1. The van der Waals surface area contributed by atoms with E-state index in [9.17, 15) is 13.6 Å². The van der Waals surface area contributed by atoms with Crippen molar-refractivity contribution in [2.24, 2.45) is 0 Å². The first kappa shape index (κ1) is 20.2. The van der Waals surface area contributed by atoms with Crippen LogP contribution in [-0.2, 0) is 5.75 Å². The maximum atomic E-state index is 13.6. The number of H-pyrrole nitrogens is 1. The van der Waals surface area contributed by atoms with E-state index in [1.54, 1.807) is 12.3 Å². The van der Waals surface area contributed by atoms with Crippen LogP contribution in [0.4, 0.5) is 8.78 Å². The molecule has 0 atom stereocenters. The summed E-state index contributed by atoms with van der Waals surface area (Å²) < 4.78 is 28.6. The van der Waals surface area contributed by atoms with Crippen molar-refractivity contribution in [2.75, 3.05) is 0 Å². The molecule has 3 aromatic carbocycles. The van der Waals surface area contributed by atoms with Crippen molar-refractivity contribution in [3.05, 3.63) is 113 Å². The summed E-state index contributed by atoms with van der Waals surface area (Å²) in [7, 11) is 0. The molecule has 32 heavy (non-hydrogen) atoms. The highest BCUT2D eigenvalue weighted by Gasteiger charge is 2.18. The topological polar surface area (TPSA) is 50.7 Å². The lowest BCUT2D eigenvalue weighted by molar-refractivity contribution is 0.626. The van der Waals surface area contributed by atoms with Gasteiger partial charge < -0.3 is 4.98 Å². The van der Waals surface area contributed by atoms with Gasteiger partial charge in [-0.25, -0.2) is 13.8 Å².